The van der Waals surface area contributed by atoms with Crippen molar-refractivity contribution in [1.82, 2.24) is 15.0 Å². The molecular weight excluding hydrogens is 234 g/mol. The average Bonchev–Trinajstić information content (AvgIpc) is 2.95. The zero-order chi connectivity index (χ0) is 12.9. The third-order valence-corrected chi connectivity index (χ3v) is 2.66. The lowest BCUT2D eigenvalue weighted by molar-refractivity contribution is 0.797. The first-order chi connectivity index (χ1) is 9.43. The van der Waals surface area contributed by atoms with Gasteiger partial charge in [-0.25, -0.2) is 4.68 Å². The highest BCUT2D eigenvalue weighted by Crippen LogP contribution is 2.07. The van der Waals surface area contributed by atoms with E-state index in [-0.39, 0.29) is 0 Å². The van der Waals surface area contributed by atoms with Crippen molar-refractivity contribution in [3.63, 3.8) is 0 Å². The van der Waals surface area contributed by atoms with Crippen LogP contribution in [0.1, 0.15) is 11.3 Å². The quantitative estimate of drug-likeness (QED) is 0.617. The molecule has 0 bridgehead atoms. The normalized spacial score (nSPS) is 9.68. The lowest BCUT2D eigenvalue weighted by Gasteiger charge is -2.00. The molecule has 90 valence electrons. The fourth-order valence-electron chi connectivity index (χ4n) is 1.74. The van der Waals surface area contributed by atoms with Crippen LogP contribution >= 0.6 is 0 Å². The van der Waals surface area contributed by atoms with Gasteiger partial charge < -0.3 is 0 Å². The highest BCUT2D eigenvalue weighted by molar-refractivity contribution is 5.42. The first-order valence-electron chi connectivity index (χ1n) is 5.97. The van der Waals surface area contributed by atoms with Gasteiger partial charge in [0.25, 0.3) is 0 Å². The van der Waals surface area contributed by atoms with Gasteiger partial charge in [-0.15, -0.1) is 5.10 Å². The van der Waals surface area contributed by atoms with E-state index in [1.54, 1.807) is 10.9 Å². The fourth-order valence-corrected chi connectivity index (χ4v) is 1.74. The molecule has 0 N–H and O–H groups in total. The molecule has 0 unspecified atom stereocenters. The van der Waals surface area contributed by atoms with E-state index in [1.807, 2.05) is 60.7 Å². The molecule has 0 saturated heterocycles. The molecule has 3 heteroatoms. The predicted molar refractivity (Wildman–Crippen MR) is 73.8 cm³/mol. The number of hydrogen-bond acceptors (Lipinski definition) is 2. The molecule has 0 aliphatic rings. The van der Waals surface area contributed by atoms with Crippen LogP contribution in [-0.4, -0.2) is 15.0 Å². The minimum atomic E-state index is 0.773. The molecule has 1 heterocycles. The Balaban J connectivity index is 1.96. The Hall–Kier alpha value is -2.86. The fraction of sp³-hybridized carbons (Fsp3) is 0. The van der Waals surface area contributed by atoms with E-state index in [9.17, 15) is 0 Å². The maximum absolute atomic E-state index is 4.06. The highest BCUT2D eigenvalue weighted by Gasteiger charge is 2.02. The van der Waals surface area contributed by atoms with Crippen molar-refractivity contribution < 1.29 is 0 Å². The molecule has 0 spiro atoms. The molecule has 0 saturated carbocycles. The molecule has 0 fully saturated rings. The molecule has 0 aliphatic heterocycles. The molecular formula is C16H11N3. The smallest absolute Gasteiger partial charge is 0.137 e. The SMILES string of the molecule is C(#Cc1cnnn1-c1ccccc1)c1ccccc1. The number of nitrogens with zero attached hydrogens (tertiary/aromatic N) is 3. The monoisotopic (exact) mass is 245 g/mol. The van der Waals surface area contributed by atoms with Crippen LogP contribution < -0.4 is 0 Å². The summed E-state index contributed by atoms with van der Waals surface area (Å²) in [6.45, 7) is 0. The van der Waals surface area contributed by atoms with Crippen molar-refractivity contribution in [3.8, 4) is 17.5 Å². The predicted octanol–water partition coefficient (Wildman–Crippen LogP) is 2.67. The van der Waals surface area contributed by atoms with E-state index in [4.69, 9.17) is 0 Å². The Labute approximate surface area is 111 Å². The Morgan fingerprint density at radius 1 is 0.789 bits per heavy atom. The van der Waals surface area contributed by atoms with Gasteiger partial charge in [0.15, 0.2) is 0 Å². The summed E-state index contributed by atoms with van der Waals surface area (Å²) in [5, 5.41) is 7.98. The third kappa shape index (κ3) is 2.53. The van der Waals surface area contributed by atoms with Gasteiger partial charge in [-0.1, -0.05) is 47.5 Å². The number of rotatable bonds is 1. The molecule has 0 atom stereocenters. The van der Waals surface area contributed by atoms with Gasteiger partial charge in [0.1, 0.15) is 5.69 Å². The average molecular weight is 245 g/mol. The first kappa shape index (κ1) is 11.2. The molecule has 2 aromatic carbocycles. The number of hydrogen-bond donors (Lipinski definition) is 0. The minimum absolute atomic E-state index is 0.773. The van der Waals surface area contributed by atoms with Crippen molar-refractivity contribution in [2.75, 3.05) is 0 Å². The van der Waals surface area contributed by atoms with Crippen LogP contribution in [0.25, 0.3) is 5.69 Å². The Kier molecular flexibility index (Phi) is 3.07. The molecule has 19 heavy (non-hydrogen) atoms. The van der Waals surface area contributed by atoms with Crippen LogP contribution in [0.2, 0.25) is 0 Å². The summed E-state index contributed by atoms with van der Waals surface area (Å²) in [4.78, 5) is 0. The van der Waals surface area contributed by atoms with Crippen LogP contribution in [0.15, 0.2) is 66.9 Å². The second-order valence-electron chi connectivity index (χ2n) is 3.98. The van der Waals surface area contributed by atoms with Crippen LogP contribution in [0.4, 0.5) is 0 Å². The van der Waals surface area contributed by atoms with E-state index >= 15 is 0 Å². The number of benzene rings is 2. The lowest BCUT2D eigenvalue weighted by Crippen LogP contribution is -1.99. The van der Waals surface area contributed by atoms with E-state index in [2.05, 4.69) is 22.2 Å². The van der Waals surface area contributed by atoms with Crippen molar-refractivity contribution in [2.45, 2.75) is 0 Å². The van der Waals surface area contributed by atoms with Crippen molar-refractivity contribution in [2.24, 2.45) is 0 Å². The standard InChI is InChI=1S/C16H11N3/c1-3-7-14(8-4-1)11-12-16-13-17-18-19(16)15-9-5-2-6-10-15/h1-10,13H. The lowest BCUT2D eigenvalue weighted by atomic mass is 10.2. The maximum Gasteiger partial charge on any atom is 0.137 e. The van der Waals surface area contributed by atoms with Gasteiger partial charge in [-0.05, 0) is 30.2 Å². The number of aromatic nitrogens is 3. The van der Waals surface area contributed by atoms with E-state index in [0.29, 0.717) is 0 Å². The summed E-state index contributed by atoms with van der Waals surface area (Å²) in [6.07, 6.45) is 1.67. The van der Waals surface area contributed by atoms with Crippen LogP contribution in [-0.2, 0) is 0 Å². The third-order valence-electron chi connectivity index (χ3n) is 2.66. The second kappa shape index (κ2) is 5.19. The van der Waals surface area contributed by atoms with Gasteiger partial charge in [0.2, 0.25) is 0 Å². The minimum Gasteiger partial charge on any atom is -0.205 e. The Bertz CT molecular complexity index is 719. The molecule has 3 nitrogen and oxygen atoms in total. The molecule has 3 aromatic rings. The zero-order valence-electron chi connectivity index (χ0n) is 10.2. The van der Waals surface area contributed by atoms with E-state index < -0.39 is 0 Å². The summed E-state index contributed by atoms with van der Waals surface area (Å²) in [5.74, 6) is 6.20. The summed E-state index contributed by atoms with van der Waals surface area (Å²) in [5.41, 5.74) is 2.70. The van der Waals surface area contributed by atoms with Gasteiger partial charge >= 0.3 is 0 Å². The summed E-state index contributed by atoms with van der Waals surface area (Å²) >= 11 is 0. The van der Waals surface area contributed by atoms with Crippen LogP contribution in [0, 0.1) is 11.8 Å². The molecule has 1 aromatic heterocycles. The summed E-state index contributed by atoms with van der Waals surface area (Å²) in [7, 11) is 0. The van der Waals surface area contributed by atoms with Crippen LogP contribution in [0.3, 0.4) is 0 Å². The van der Waals surface area contributed by atoms with E-state index in [1.165, 1.54) is 0 Å². The summed E-state index contributed by atoms with van der Waals surface area (Å²) in [6, 6.07) is 19.7. The largest absolute Gasteiger partial charge is 0.205 e. The molecule has 0 aliphatic carbocycles. The van der Waals surface area contributed by atoms with Crippen molar-refractivity contribution in [1.29, 1.82) is 0 Å². The number of para-hydroxylation sites is 1. The Morgan fingerprint density at radius 3 is 2.21 bits per heavy atom. The maximum atomic E-state index is 4.06. The first-order valence-corrected chi connectivity index (χ1v) is 5.97. The van der Waals surface area contributed by atoms with Gasteiger partial charge in [0.05, 0.1) is 11.9 Å². The molecule has 3 rings (SSSR count). The summed E-state index contributed by atoms with van der Waals surface area (Å²) < 4.78 is 1.73. The van der Waals surface area contributed by atoms with Crippen molar-refractivity contribution in [3.05, 3.63) is 78.1 Å². The zero-order valence-corrected chi connectivity index (χ0v) is 10.2. The van der Waals surface area contributed by atoms with Gasteiger partial charge in [0, 0.05) is 5.56 Å². The van der Waals surface area contributed by atoms with E-state index in [0.717, 1.165) is 16.9 Å². The molecule has 0 amide bonds. The van der Waals surface area contributed by atoms with Gasteiger partial charge in [-0.2, -0.15) is 0 Å². The van der Waals surface area contributed by atoms with Crippen LogP contribution in [0.5, 0.6) is 0 Å². The van der Waals surface area contributed by atoms with Crippen molar-refractivity contribution >= 4 is 0 Å². The Morgan fingerprint density at radius 2 is 1.47 bits per heavy atom. The topological polar surface area (TPSA) is 30.7 Å². The second-order valence-corrected chi connectivity index (χ2v) is 3.98. The van der Waals surface area contributed by atoms with Gasteiger partial charge in [-0.3, -0.25) is 0 Å². The highest BCUT2D eigenvalue weighted by atomic mass is 15.4. The molecule has 0 radical (unpaired) electrons.